The van der Waals surface area contributed by atoms with E-state index in [4.69, 9.17) is 28.0 Å². The van der Waals surface area contributed by atoms with Crippen LogP contribution in [0.4, 0.5) is 0 Å². The molecule has 590 valence electrons. The largest absolute Gasteiger partial charge is 0.508 e. The third kappa shape index (κ3) is 31.5. The van der Waals surface area contributed by atoms with Crippen LogP contribution in [0.2, 0.25) is 0 Å². The first-order valence-electron chi connectivity index (χ1n) is 35.0. The number of carboxylic acids is 2. The van der Waals surface area contributed by atoms with Gasteiger partial charge in [0.2, 0.25) is 65.0 Å². The van der Waals surface area contributed by atoms with Crippen molar-refractivity contribution in [2.24, 2.45) is 29.0 Å². The first-order chi connectivity index (χ1) is 51.2. The molecule has 38 nitrogen and oxygen atoms in total. The number of aliphatic hydroxyl groups excluding tert-OH is 2. The number of carbonyl (C=O) groups excluding carboxylic acids is 11. The molecule has 108 heavy (non-hydrogen) atoms. The Kier molecular flexibility index (Phi) is 37.4. The number of aliphatic hydroxyl groups is 2. The fourth-order valence-electron chi connectivity index (χ4n) is 10.8. The number of aromatic hydroxyl groups is 1. The Labute approximate surface area is 623 Å². The lowest BCUT2D eigenvalue weighted by atomic mass is 9.95. The van der Waals surface area contributed by atoms with Gasteiger partial charge in [0.25, 0.3) is 0 Å². The van der Waals surface area contributed by atoms with Gasteiger partial charge in [-0.05, 0) is 79.7 Å². The van der Waals surface area contributed by atoms with Gasteiger partial charge in [0.15, 0.2) is 11.9 Å². The van der Waals surface area contributed by atoms with Gasteiger partial charge in [0, 0.05) is 50.7 Å². The molecular weight excluding hydrogens is 1410 g/mol. The Bertz CT molecular complexity index is 3670. The van der Waals surface area contributed by atoms with E-state index in [2.05, 4.69) is 79.1 Å². The van der Waals surface area contributed by atoms with Crippen LogP contribution < -0.4 is 86.3 Å². The lowest BCUT2D eigenvalue weighted by Gasteiger charge is -2.30. The summed E-state index contributed by atoms with van der Waals surface area (Å²) in [6, 6.07) is 3.70. The third-order valence-corrected chi connectivity index (χ3v) is 16.9. The smallest absolute Gasteiger partial charge is 0.328 e. The van der Waals surface area contributed by atoms with Crippen LogP contribution in [0.5, 0.6) is 5.75 Å². The molecule has 0 aliphatic rings. The van der Waals surface area contributed by atoms with Crippen LogP contribution in [-0.4, -0.2) is 223 Å². The minimum Gasteiger partial charge on any atom is -0.508 e. The SMILES string of the molecule is CC[C@H](C)[C@H](NC(=O)[C@H](CC(C)C)NC(=O)[C@H](CCCNC(=N)N)NC(=O)[C@H](CCCNC(=N)N)NC(=O)[C@H](C)NC(=O)[C@H](CO)NC(=O)[C@H](Cc1cnc[nH]1)NC(=O)[C@H](Cc1ccc(O)cc1)NC(=O)[C@H](Cc1ccccc1)NC(=O)[C@@H](N)CC(=O)O)C(=O)N[C@@H](Cc1ccccc1)C(=O)N[C@@H](CO)C(=O)O. The summed E-state index contributed by atoms with van der Waals surface area (Å²) in [5, 5.41) is 97.5. The van der Waals surface area contributed by atoms with Gasteiger partial charge in [-0.3, -0.25) is 68.4 Å². The standard InChI is InChI=1S/C70H102N20O18/c1-6-38(4)56(67(106)87-51(29-41-17-11-8-12-18-41)63(102)89-54(35-92)68(107)108)90-65(104)48(27-37(2)3)84-60(99)47(20-14-26-78-70(74)75)82-59(98)46(19-13-25-77-69(72)73)81-57(96)39(5)80-66(105)53(34-91)88-64(103)52(31-43-33-76-36-79-43)86-62(101)50(30-42-21-23-44(93)24-22-42)85-61(100)49(28-40-15-9-7-10-16-40)83-58(97)45(71)32-55(94)95/h7-12,15-18,21-24,33,36-39,45-54,56,91-93H,6,13-14,19-20,25-32,34-35,71H2,1-5H3,(H,76,79)(H,80,105)(H,81,96)(H,82,98)(H,83,97)(H,84,99)(H,85,100)(H,86,101)(H,87,106)(H,88,103)(H,89,102)(H,90,104)(H,94,95)(H,107,108)(H4,72,73,77)(H4,74,75,78)/t38-,39-,45-,46-,47-,48-,49-,50-,51-,52-,53-,54-,56-/m0/s1. The number of hydrogen-bond acceptors (Lipinski definition) is 20. The summed E-state index contributed by atoms with van der Waals surface area (Å²) in [4.78, 5) is 186. The Morgan fingerprint density at radius 1 is 0.472 bits per heavy atom. The van der Waals surface area contributed by atoms with E-state index in [-0.39, 0.29) is 88.2 Å². The highest BCUT2D eigenvalue weighted by molar-refractivity contribution is 6.00. The predicted octanol–water partition coefficient (Wildman–Crippen LogP) is -4.77. The molecule has 0 aliphatic heterocycles. The molecule has 27 N–H and O–H groups in total. The van der Waals surface area contributed by atoms with Gasteiger partial charge in [-0.15, -0.1) is 0 Å². The average Bonchev–Trinajstić information content (AvgIpc) is 0.854. The number of amides is 11. The van der Waals surface area contributed by atoms with E-state index < -0.39 is 187 Å². The predicted molar refractivity (Wildman–Crippen MR) is 391 cm³/mol. The normalized spacial score (nSPS) is 14.6. The summed E-state index contributed by atoms with van der Waals surface area (Å²) in [5.41, 5.74) is 18.7. The Hall–Kier alpha value is -11.8. The van der Waals surface area contributed by atoms with E-state index in [0.29, 0.717) is 23.1 Å². The van der Waals surface area contributed by atoms with Crippen LogP contribution in [0.1, 0.15) is 102 Å². The second-order valence-corrected chi connectivity index (χ2v) is 26.2. The Morgan fingerprint density at radius 2 is 0.861 bits per heavy atom. The molecule has 0 fully saturated rings. The molecule has 4 rings (SSSR count). The van der Waals surface area contributed by atoms with E-state index in [0.717, 1.165) is 0 Å². The number of aromatic nitrogens is 2. The molecule has 1 heterocycles. The van der Waals surface area contributed by atoms with Crippen molar-refractivity contribution >= 4 is 88.8 Å². The average molecular weight is 1510 g/mol. The first kappa shape index (κ1) is 88.6. The van der Waals surface area contributed by atoms with Crippen LogP contribution in [0.25, 0.3) is 0 Å². The minimum absolute atomic E-state index is 0.00518. The first-order valence-corrected chi connectivity index (χ1v) is 35.0. The zero-order valence-electron chi connectivity index (χ0n) is 60.6. The van der Waals surface area contributed by atoms with E-state index in [9.17, 15) is 87.9 Å². The lowest BCUT2D eigenvalue weighted by Crippen LogP contribution is -2.61. The summed E-state index contributed by atoms with van der Waals surface area (Å²) in [6.45, 7) is 6.02. The molecule has 0 spiro atoms. The minimum atomic E-state index is -1.85. The van der Waals surface area contributed by atoms with Crippen LogP contribution in [0.3, 0.4) is 0 Å². The highest BCUT2D eigenvalue weighted by atomic mass is 16.4. The zero-order chi connectivity index (χ0) is 80.2. The summed E-state index contributed by atoms with van der Waals surface area (Å²) >= 11 is 0. The number of aliphatic carboxylic acids is 2. The molecule has 11 amide bonds. The van der Waals surface area contributed by atoms with Gasteiger partial charge >= 0.3 is 11.9 Å². The van der Waals surface area contributed by atoms with E-state index in [1.807, 2.05) is 0 Å². The number of imidazole rings is 1. The summed E-state index contributed by atoms with van der Waals surface area (Å²) in [7, 11) is 0. The molecule has 0 radical (unpaired) electrons. The number of nitrogens with zero attached hydrogens (tertiary/aromatic N) is 1. The number of carbonyl (C=O) groups is 13. The zero-order valence-corrected chi connectivity index (χ0v) is 60.6. The molecule has 0 saturated carbocycles. The van der Waals surface area contributed by atoms with E-state index in [1.165, 1.54) is 43.7 Å². The molecule has 0 saturated heterocycles. The van der Waals surface area contributed by atoms with Crippen molar-refractivity contribution in [2.75, 3.05) is 26.3 Å². The molecule has 38 heteroatoms. The van der Waals surface area contributed by atoms with Crippen molar-refractivity contribution in [3.05, 3.63) is 120 Å². The fourth-order valence-corrected chi connectivity index (χ4v) is 10.8. The van der Waals surface area contributed by atoms with Gasteiger partial charge in [-0.2, -0.15) is 0 Å². The lowest BCUT2D eigenvalue weighted by molar-refractivity contribution is -0.143. The van der Waals surface area contributed by atoms with Crippen molar-refractivity contribution in [1.29, 1.82) is 10.8 Å². The molecule has 4 aromatic rings. The number of benzene rings is 3. The van der Waals surface area contributed by atoms with E-state index in [1.54, 1.807) is 88.4 Å². The molecule has 0 aliphatic carbocycles. The van der Waals surface area contributed by atoms with Gasteiger partial charge in [0.05, 0.1) is 32.0 Å². The number of carboxylic acid groups (broad SMARTS) is 2. The van der Waals surface area contributed by atoms with Crippen molar-refractivity contribution in [3.63, 3.8) is 0 Å². The van der Waals surface area contributed by atoms with Crippen LogP contribution in [-0.2, 0) is 88.0 Å². The van der Waals surface area contributed by atoms with Crippen LogP contribution in [0, 0.1) is 22.7 Å². The van der Waals surface area contributed by atoms with Crippen molar-refractivity contribution in [2.45, 2.75) is 178 Å². The van der Waals surface area contributed by atoms with Crippen LogP contribution in [0.15, 0.2) is 97.5 Å². The quantitative estimate of drug-likeness (QED) is 0.0112. The number of rotatable bonds is 47. The monoisotopic (exact) mass is 1510 g/mol. The number of nitrogens with one attached hydrogen (secondary N) is 16. The number of phenols is 1. The summed E-state index contributed by atoms with van der Waals surface area (Å²) in [5.74, 6) is -15.6. The van der Waals surface area contributed by atoms with Crippen molar-refractivity contribution in [1.82, 2.24) is 79.1 Å². The number of H-pyrrole nitrogens is 1. The highest BCUT2D eigenvalue weighted by Crippen LogP contribution is 2.17. The molecule has 1 aromatic heterocycles. The Balaban J connectivity index is 1.59. The third-order valence-electron chi connectivity index (χ3n) is 16.9. The highest BCUT2D eigenvalue weighted by Gasteiger charge is 2.38. The molecule has 13 atom stereocenters. The topological polar surface area (TPSA) is 634 Å². The van der Waals surface area contributed by atoms with Gasteiger partial charge in [0.1, 0.15) is 72.2 Å². The van der Waals surface area contributed by atoms with Crippen molar-refractivity contribution in [3.8, 4) is 5.75 Å². The van der Waals surface area contributed by atoms with Gasteiger partial charge in [-0.25, -0.2) is 9.78 Å². The number of aromatic amines is 1. The second-order valence-electron chi connectivity index (χ2n) is 26.2. The van der Waals surface area contributed by atoms with Gasteiger partial charge < -0.3 is 117 Å². The number of nitrogens with two attached hydrogens (primary N) is 3. The summed E-state index contributed by atoms with van der Waals surface area (Å²) < 4.78 is 0. The number of phenolic OH excluding ortho intramolecular Hbond substituents is 1. The molecule has 0 bridgehead atoms. The maximum absolute atomic E-state index is 14.6. The summed E-state index contributed by atoms with van der Waals surface area (Å²) in [6.07, 6.45) is 0.847. The number of guanidine groups is 2. The fraction of sp³-hybridized carbons (Fsp3) is 0.486. The van der Waals surface area contributed by atoms with Gasteiger partial charge in [-0.1, -0.05) is 107 Å². The molecule has 0 unspecified atom stereocenters. The second kappa shape index (κ2) is 45.5. The maximum Gasteiger partial charge on any atom is 0.328 e. The van der Waals surface area contributed by atoms with E-state index >= 15 is 0 Å². The Morgan fingerprint density at radius 3 is 1.29 bits per heavy atom. The van der Waals surface area contributed by atoms with Crippen molar-refractivity contribution < 1.29 is 87.9 Å². The van der Waals surface area contributed by atoms with Crippen LogP contribution >= 0.6 is 0 Å². The number of hydrogen-bond donors (Lipinski definition) is 24. The maximum atomic E-state index is 14.6. The molecular formula is C70H102N20O18. The molecule has 3 aromatic carbocycles.